The molecule has 150 valence electrons. The van der Waals surface area contributed by atoms with Crippen LogP contribution in [0.4, 0.5) is 0 Å². The Hall–Kier alpha value is -3.23. The molecule has 1 amide bonds. The molecule has 0 radical (unpaired) electrons. The van der Waals surface area contributed by atoms with Gasteiger partial charge in [0.2, 0.25) is 5.91 Å². The van der Waals surface area contributed by atoms with E-state index >= 15 is 0 Å². The third-order valence-electron chi connectivity index (χ3n) is 4.05. The molecule has 0 bridgehead atoms. The van der Waals surface area contributed by atoms with Crippen LogP contribution in [-0.2, 0) is 23.9 Å². The minimum absolute atomic E-state index is 0.130. The van der Waals surface area contributed by atoms with E-state index in [0.29, 0.717) is 5.84 Å². The Morgan fingerprint density at radius 1 is 1.14 bits per heavy atom. The van der Waals surface area contributed by atoms with Gasteiger partial charge in [-0.3, -0.25) is 20.4 Å². The van der Waals surface area contributed by atoms with Crippen LogP contribution in [0.2, 0.25) is 0 Å². The summed E-state index contributed by atoms with van der Waals surface area (Å²) < 4.78 is 9.95. The zero-order chi connectivity index (χ0) is 20.5. The van der Waals surface area contributed by atoms with E-state index in [1.54, 1.807) is 13.8 Å². The molecular formula is C19H24N4O5. The summed E-state index contributed by atoms with van der Waals surface area (Å²) in [5, 5.41) is 8.10. The maximum Gasteiger partial charge on any atom is 0.355 e. The van der Waals surface area contributed by atoms with Gasteiger partial charge in [0.25, 0.3) is 0 Å². The summed E-state index contributed by atoms with van der Waals surface area (Å²) in [6.07, 6.45) is 0.174. The van der Waals surface area contributed by atoms with Gasteiger partial charge in [0.15, 0.2) is 11.5 Å². The smallest absolute Gasteiger partial charge is 0.355 e. The van der Waals surface area contributed by atoms with Crippen LogP contribution in [0.3, 0.4) is 0 Å². The van der Waals surface area contributed by atoms with Gasteiger partial charge in [-0.2, -0.15) is 0 Å². The predicted molar refractivity (Wildman–Crippen MR) is 102 cm³/mol. The Bertz CT molecular complexity index is 776. The fourth-order valence-electron chi connectivity index (χ4n) is 2.61. The fraction of sp³-hybridized carbons (Fsp3) is 0.421. The largest absolute Gasteiger partial charge is 0.465 e. The van der Waals surface area contributed by atoms with Gasteiger partial charge in [-0.25, -0.2) is 4.79 Å². The molecule has 1 saturated heterocycles. The quantitative estimate of drug-likeness (QED) is 0.413. The summed E-state index contributed by atoms with van der Waals surface area (Å²) in [7, 11) is 0. The first-order valence-corrected chi connectivity index (χ1v) is 9.06. The molecule has 0 spiro atoms. The monoisotopic (exact) mass is 388 g/mol. The number of rotatable bonds is 7. The van der Waals surface area contributed by atoms with Gasteiger partial charge < -0.3 is 9.47 Å². The Morgan fingerprint density at radius 2 is 1.82 bits per heavy atom. The Kier molecular flexibility index (Phi) is 7.67. The normalized spacial score (nSPS) is 19.4. The van der Waals surface area contributed by atoms with Crippen LogP contribution in [0.1, 0.15) is 38.7 Å². The van der Waals surface area contributed by atoms with E-state index in [1.165, 1.54) is 6.92 Å². The van der Waals surface area contributed by atoms with Crippen LogP contribution in [0.25, 0.3) is 0 Å². The topological polar surface area (TPSA) is 118 Å². The minimum atomic E-state index is -0.947. The van der Waals surface area contributed by atoms with E-state index in [9.17, 15) is 14.4 Å². The molecule has 2 atom stereocenters. The average molecular weight is 388 g/mol. The molecule has 2 rings (SSSR count). The van der Waals surface area contributed by atoms with Crippen LogP contribution in [-0.4, -0.2) is 42.6 Å². The van der Waals surface area contributed by atoms with Crippen LogP contribution in [0.5, 0.6) is 0 Å². The second-order valence-corrected chi connectivity index (χ2v) is 6.01. The highest BCUT2D eigenvalue weighted by Crippen LogP contribution is 2.22. The molecule has 1 heterocycles. The Balaban J connectivity index is 2.37. The number of amidine groups is 1. The van der Waals surface area contributed by atoms with Gasteiger partial charge in [0.1, 0.15) is 5.92 Å². The maximum absolute atomic E-state index is 12.2. The molecule has 9 nitrogen and oxygen atoms in total. The number of nitrogens with one attached hydrogen (secondary N) is 2. The zero-order valence-electron chi connectivity index (χ0n) is 16.1. The summed E-state index contributed by atoms with van der Waals surface area (Å²) in [5.41, 5.74) is 5.90. The van der Waals surface area contributed by atoms with Crippen molar-refractivity contribution in [3.63, 3.8) is 0 Å². The zero-order valence-corrected chi connectivity index (χ0v) is 16.1. The molecule has 1 aliphatic rings. The average Bonchev–Trinajstić information content (AvgIpc) is 2.70. The van der Waals surface area contributed by atoms with Crippen molar-refractivity contribution in [3.8, 4) is 0 Å². The molecular weight excluding hydrogens is 364 g/mol. The van der Waals surface area contributed by atoms with Crippen molar-refractivity contribution in [2.45, 2.75) is 33.1 Å². The van der Waals surface area contributed by atoms with Gasteiger partial charge in [-0.15, -0.1) is 10.2 Å². The molecule has 2 N–H and O–H groups in total. The van der Waals surface area contributed by atoms with E-state index in [-0.39, 0.29) is 37.2 Å². The second kappa shape index (κ2) is 10.2. The van der Waals surface area contributed by atoms with E-state index in [2.05, 4.69) is 21.1 Å². The van der Waals surface area contributed by atoms with Gasteiger partial charge in [-0.05, 0) is 26.3 Å². The van der Waals surface area contributed by atoms with Crippen LogP contribution in [0.15, 0.2) is 40.5 Å². The van der Waals surface area contributed by atoms with E-state index in [1.807, 2.05) is 30.3 Å². The number of carbonyl (C=O) groups is 3. The summed E-state index contributed by atoms with van der Waals surface area (Å²) in [6.45, 7) is 5.13. The minimum Gasteiger partial charge on any atom is -0.465 e. The number of carbonyl (C=O) groups excluding carboxylic acids is 3. The number of benzene rings is 1. The Morgan fingerprint density at radius 3 is 2.46 bits per heavy atom. The fourth-order valence-corrected chi connectivity index (χ4v) is 2.61. The lowest BCUT2D eigenvalue weighted by molar-refractivity contribution is -0.146. The van der Waals surface area contributed by atoms with Crippen LogP contribution >= 0.6 is 0 Å². The SMILES string of the molecule is CCOC(=O)/C(=N/N=C1/NNC(=O)CC1c1ccccc1)C(C)C(=O)OCC. The van der Waals surface area contributed by atoms with E-state index in [0.717, 1.165) is 5.56 Å². The molecule has 0 aromatic heterocycles. The molecule has 1 aliphatic heterocycles. The number of hydrogen-bond acceptors (Lipinski definition) is 7. The highest BCUT2D eigenvalue weighted by atomic mass is 16.5. The molecule has 1 fully saturated rings. The summed E-state index contributed by atoms with van der Waals surface area (Å²) >= 11 is 0. The van der Waals surface area contributed by atoms with Crippen molar-refractivity contribution in [2.75, 3.05) is 13.2 Å². The van der Waals surface area contributed by atoms with Crippen LogP contribution < -0.4 is 10.9 Å². The number of nitrogens with zero attached hydrogens (tertiary/aromatic N) is 2. The summed E-state index contributed by atoms with van der Waals surface area (Å²) in [4.78, 5) is 36.1. The lowest BCUT2D eigenvalue weighted by Crippen LogP contribution is -2.50. The number of hydrogen-bond donors (Lipinski definition) is 2. The molecule has 28 heavy (non-hydrogen) atoms. The first kappa shape index (κ1) is 21.1. The molecule has 1 aromatic carbocycles. The van der Waals surface area contributed by atoms with E-state index < -0.39 is 17.9 Å². The first-order chi connectivity index (χ1) is 13.5. The van der Waals surface area contributed by atoms with Crippen molar-refractivity contribution in [2.24, 2.45) is 16.1 Å². The van der Waals surface area contributed by atoms with Gasteiger partial charge in [0.05, 0.1) is 19.1 Å². The van der Waals surface area contributed by atoms with Gasteiger partial charge in [-0.1, -0.05) is 30.3 Å². The van der Waals surface area contributed by atoms with Crippen molar-refractivity contribution in [1.82, 2.24) is 10.9 Å². The second-order valence-electron chi connectivity index (χ2n) is 6.01. The van der Waals surface area contributed by atoms with Crippen molar-refractivity contribution in [1.29, 1.82) is 0 Å². The van der Waals surface area contributed by atoms with Crippen molar-refractivity contribution in [3.05, 3.63) is 35.9 Å². The first-order valence-electron chi connectivity index (χ1n) is 9.06. The number of hydrazine groups is 1. The molecule has 1 aromatic rings. The Labute approximate surface area is 163 Å². The highest BCUT2D eigenvalue weighted by molar-refractivity contribution is 6.40. The molecule has 9 heteroatoms. The van der Waals surface area contributed by atoms with Gasteiger partial charge >= 0.3 is 11.9 Å². The predicted octanol–water partition coefficient (Wildman–Crippen LogP) is 1.31. The van der Waals surface area contributed by atoms with Gasteiger partial charge in [0, 0.05) is 6.42 Å². The van der Waals surface area contributed by atoms with E-state index in [4.69, 9.17) is 9.47 Å². The number of ether oxygens (including phenoxy) is 2. The number of esters is 2. The lowest BCUT2D eigenvalue weighted by Gasteiger charge is -2.25. The summed E-state index contributed by atoms with van der Waals surface area (Å²) in [6, 6.07) is 9.33. The molecule has 0 saturated carbocycles. The summed E-state index contributed by atoms with van der Waals surface area (Å²) in [5.74, 6) is -2.50. The standard InChI is InChI=1S/C19H24N4O5/c1-4-27-18(25)12(3)16(19(26)28-5-2)21-23-17-14(11-15(24)20-22-17)13-9-7-6-8-10-13/h6-10,12,14H,4-5,11H2,1-3H3,(H,20,24)(H,22,23)/b21-16+. The maximum atomic E-state index is 12.2. The lowest BCUT2D eigenvalue weighted by atomic mass is 9.93. The highest BCUT2D eigenvalue weighted by Gasteiger charge is 2.30. The third kappa shape index (κ3) is 5.38. The van der Waals surface area contributed by atoms with Crippen molar-refractivity contribution < 1.29 is 23.9 Å². The molecule has 0 aliphatic carbocycles. The third-order valence-corrected chi connectivity index (χ3v) is 4.05. The van der Waals surface area contributed by atoms with Crippen molar-refractivity contribution >= 4 is 29.4 Å². The number of amides is 1. The molecule has 2 unspecified atom stereocenters. The van der Waals surface area contributed by atoms with Crippen LogP contribution in [0, 0.1) is 5.92 Å².